The fraction of sp³-hybridized carbons (Fsp3) is 0.250. The lowest BCUT2D eigenvalue weighted by Gasteiger charge is -2.31. The van der Waals surface area contributed by atoms with Crippen LogP contribution >= 0.6 is 15.9 Å². The second-order valence-corrected chi connectivity index (χ2v) is 5.73. The third-order valence-electron chi connectivity index (χ3n) is 3.73. The van der Waals surface area contributed by atoms with Crippen molar-refractivity contribution < 1.29 is 5.11 Å². The Hall–Kier alpha value is -1.12. The summed E-state index contributed by atoms with van der Waals surface area (Å²) >= 11 is 3.50. The van der Waals surface area contributed by atoms with Crippen molar-refractivity contribution in [3.8, 4) is 0 Å². The Balaban J connectivity index is 1.74. The van der Waals surface area contributed by atoms with Gasteiger partial charge in [-0.1, -0.05) is 58.4 Å². The van der Waals surface area contributed by atoms with Gasteiger partial charge in [-0.3, -0.25) is 0 Å². The Morgan fingerprint density at radius 1 is 1.11 bits per heavy atom. The fourth-order valence-corrected chi connectivity index (χ4v) is 3.26. The highest BCUT2D eigenvalue weighted by atomic mass is 79.9. The van der Waals surface area contributed by atoms with Crippen LogP contribution in [0, 0.1) is 0 Å². The van der Waals surface area contributed by atoms with Gasteiger partial charge in [-0.15, -0.1) is 0 Å². The molecule has 2 atom stereocenters. The molecule has 18 heavy (non-hydrogen) atoms. The summed E-state index contributed by atoms with van der Waals surface area (Å²) < 4.78 is 0.991. The molecule has 2 unspecified atom stereocenters. The zero-order valence-electron chi connectivity index (χ0n) is 10.0. The normalized spacial score (nSPS) is 18.9. The van der Waals surface area contributed by atoms with Crippen molar-refractivity contribution >= 4 is 15.9 Å². The highest BCUT2D eigenvalue weighted by Crippen LogP contribution is 2.41. The van der Waals surface area contributed by atoms with Gasteiger partial charge in [0, 0.05) is 4.47 Å². The topological polar surface area (TPSA) is 20.2 Å². The lowest BCUT2D eigenvalue weighted by Crippen LogP contribution is -2.19. The van der Waals surface area contributed by atoms with Crippen LogP contribution in [0.4, 0.5) is 0 Å². The number of aliphatic hydroxyl groups excluding tert-OH is 1. The average Bonchev–Trinajstić information content (AvgIpc) is 2.36. The largest absolute Gasteiger partial charge is 0.388 e. The van der Waals surface area contributed by atoms with Crippen LogP contribution in [0.3, 0.4) is 0 Å². The van der Waals surface area contributed by atoms with Gasteiger partial charge >= 0.3 is 0 Å². The first-order valence-electron chi connectivity index (χ1n) is 6.26. The zero-order chi connectivity index (χ0) is 12.5. The second-order valence-electron chi connectivity index (χ2n) is 4.87. The molecule has 0 aromatic heterocycles. The van der Waals surface area contributed by atoms with Crippen LogP contribution in [0.25, 0.3) is 0 Å². The number of aliphatic hydroxyl groups is 1. The predicted molar refractivity (Wildman–Crippen MR) is 76.6 cm³/mol. The minimum Gasteiger partial charge on any atom is -0.388 e. The Morgan fingerprint density at radius 2 is 1.83 bits per heavy atom. The van der Waals surface area contributed by atoms with E-state index in [0.717, 1.165) is 22.9 Å². The first-order chi connectivity index (χ1) is 8.75. The zero-order valence-corrected chi connectivity index (χ0v) is 11.6. The third kappa shape index (κ3) is 2.11. The molecule has 0 bridgehead atoms. The number of hydrogen-bond acceptors (Lipinski definition) is 1. The molecule has 1 aliphatic carbocycles. The molecule has 2 aromatic rings. The molecule has 1 N–H and O–H groups in total. The van der Waals surface area contributed by atoms with Crippen molar-refractivity contribution in [2.45, 2.75) is 24.9 Å². The van der Waals surface area contributed by atoms with Crippen molar-refractivity contribution in [1.29, 1.82) is 0 Å². The smallest absolute Gasteiger partial charge is 0.0806 e. The lowest BCUT2D eigenvalue weighted by atomic mass is 9.74. The van der Waals surface area contributed by atoms with Crippen LogP contribution in [0.5, 0.6) is 0 Å². The molecule has 0 spiro atoms. The molecule has 92 valence electrons. The molecule has 3 rings (SSSR count). The average molecular weight is 303 g/mol. The summed E-state index contributed by atoms with van der Waals surface area (Å²) in [5, 5.41) is 10.3. The van der Waals surface area contributed by atoms with Crippen LogP contribution < -0.4 is 0 Å². The molecule has 1 nitrogen and oxygen atoms in total. The summed E-state index contributed by atoms with van der Waals surface area (Å²) in [5.41, 5.74) is 3.83. The van der Waals surface area contributed by atoms with Gasteiger partial charge in [-0.2, -0.15) is 0 Å². The summed E-state index contributed by atoms with van der Waals surface area (Å²) in [6, 6.07) is 16.4. The van der Waals surface area contributed by atoms with Gasteiger partial charge in [0.15, 0.2) is 0 Å². The standard InChI is InChI=1S/C16H15BrO/c17-15-8-4-3-7-14(15)16(18)10-12-9-11-5-1-2-6-13(11)12/h1-8,12,16,18H,9-10H2. The van der Waals surface area contributed by atoms with Crippen molar-refractivity contribution in [2.75, 3.05) is 0 Å². The predicted octanol–water partition coefficient (Wildman–Crippen LogP) is 4.21. The molecule has 2 aromatic carbocycles. The molecule has 0 heterocycles. The molecule has 0 amide bonds. The van der Waals surface area contributed by atoms with Gasteiger partial charge in [-0.05, 0) is 41.5 Å². The van der Waals surface area contributed by atoms with E-state index in [1.54, 1.807) is 0 Å². The van der Waals surface area contributed by atoms with Crippen LogP contribution in [0.1, 0.15) is 35.1 Å². The van der Waals surface area contributed by atoms with Gasteiger partial charge in [0.1, 0.15) is 0 Å². The lowest BCUT2D eigenvalue weighted by molar-refractivity contribution is 0.153. The fourth-order valence-electron chi connectivity index (χ4n) is 2.71. The van der Waals surface area contributed by atoms with E-state index < -0.39 is 0 Å². The monoisotopic (exact) mass is 302 g/mol. The number of rotatable bonds is 3. The van der Waals surface area contributed by atoms with Gasteiger partial charge in [0.2, 0.25) is 0 Å². The summed E-state index contributed by atoms with van der Waals surface area (Å²) in [4.78, 5) is 0. The molecule has 0 aliphatic heterocycles. The van der Waals surface area contributed by atoms with Crippen molar-refractivity contribution in [2.24, 2.45) is 0 Å². The quantitative estimate of drug-likeness (QED) is 0.900. The van der Waals surface area contributed by atoms with E-state index in [1.165, 1.54) is 11.1 Å². The number of fused-ring (bicyclic) bond motifs is 1. The van der Waals surface area contributed by atoms with Gasteiger partial charge in [0.25, 0.3) is 0 Å². The van der Waals surface area contributed by atoms with E-state index in [9.17, 15) is 5.11 Å². The van der Waals surface area contributed by atoms with Crippen LogP contribution in [-0.4, -0.2) is 5.11 Å². The highest BCUT2D eigenvalue weighted by Gasteiger charge is 2.28. The van der Waals surface area contributed by atoms with Crippen LogP contribution in [0.15, 0.2) is 53.0 Å². The molecule has 0 fully saturated rings. The summed E-state index contributed by atoms with van der Waals surface area (Å²) in [6.45, 7) is 0. The molecular weight excluding hydrogens is 288 g/mol. The maximum absolute atomic E-state index is 10.3. The van der Waals surface area contributed by atoms with Crippen molar-refractivity contribution in [3.63, 3.8) is 0 Å². The van der Waals surface area contributed by atoms with Gasteiger partial charge in [0.05, 0.1) is 6.10 Å². The van der Waals surface area contributed by atoms with E-state index in [1.807, 2.05) is 24.3 Å². The van der Waals surface area contributed by atoms with Crippen molar-refractivity contribution in [3.05, 3.63) is 69.7 Å². The van der Waals surface area contributed by atoms with Crippen LogP contribution in [-0.2, 0) is 6.42 Å². The molecule has 0 saturated heterocycles. The van der Waals surface area contributed by atoms with E-state index in [4.69, 9.17) is 0 Å². The Labute approximate surface area is 116 Å². The molecule has 0 radical (unpaired) electrons. The minimum absolute atomic E-state index is 0.390. The summed E-state index contributed by atoms with van der Waals surface area (Å²) in [5.74, 6) is 0.503. The first-order valence-corrected chi connectivity index (χ1v) is 7.05. The highest BCUT2D eigenvalue weighted by molar-refractivity contribution is 9.10. The Morgan fingerprint density at radius 3 is 2.61 bits per heavy atom. The first kappa shape index (κ1) is 11.9. The molecular formula is C16H15BrO. The summed E-state index contributed by atoms with van der Waals surface area (Å²) in [7, 11) is 0. The Kier molecular flexibility index (Phi) is 3.23. The SMILES string of the molecule is OC(CC1Cc2ccccc21)c1ccccc1Br. The van der Waals surface area contributed by atoms with E-state index in [0.29, 0.717) is 5.92 Å². The van der Waals surface area contributed by atoms with Crippen molar-refractivity contribution in [1.82, 2.24) is 0 Å². The Bertz CT molecular complexity index is 565. The maximum atomic E-state index is 10.3. The molecule has 1 aliphatic rings. The maximum Gasteiger partial charge on any atom is 0.0806 e. The number of halogens is 1. The second kappa shape index (κ2) is 4.87. The number of benzene rings is 2. The minimum atomic E-state index is -0.390. The molecule has 0 saturated carbocycles. The summed E-state index contributed by atoms with van der Waals surface area (Å²) in [6.07, 6.45) is 1.51. The van der Waals surface area contributed by atoms with Gasteiger partial charge in [-0.25, -0.2) is 0 Å². The van der Waals surface area contributed by atoms with Crippen LogP contribution in [0.2, 0.25) is 0 Å². The van der Waals surface area contributed by atoms with Gasteiger partial charge < -0.3 is 5.11 Å². The van der Waals surface area contributed by atoms with E-state index in [-0.39, 0.29) is 6.10 Å². The number of hydrogen-bond donors (Lipinski definition) is 1. The van der Waals surface area contributed by atoms with E-state index >= 15 is 0 Å². The molecule has 2 heteroatoms. The van der Waals surface area contributed by atoms with E-state index in [2.05, 4.69) is 40.2 Å². The third-order valence-corrected chi connectivity index (χ3v) is 4.46.